The van der Waals surface area contributed by atoms with Crippen molar-refractivity contribution in [3.05, 3.63) is 95.1 Å². The molecule has 254 valence electrons. The maximum Gasteiger partial charge on any atom is 0.253 e. The number of rotatable bonds is 16. The number of hydrogen-bond acceptors (Lipinski definition) is 8. The number of amides is 3. The molecule has 2 unspecified atom stereocenters. The molecule has 3 rings (SSSR count). The summed E-state index contributed by atoms with van der Waals surface area (Å²) in [6, 6.07) is 17.4. The van der Waals surface area contributed by atoms with Crippen LogP contribution in [-0.4, -0.2) is 104 Å². The molecule has 0 aliphatic rings. The molecule has 0 spiro atoms. The van der Waals surface area contributed by atoms with E-state index in [1.165, 1.54) is 59.4 Å². The molecule has 0 aliphatic carbocycles. The second-order valence-corrected chi connectivity index (χ2v) is 13.3. The Morgan fingerprint density at radius 3 is 1.91 bits per heavy atom. The molecular formula is C34H45N5O7S. The standard InChI is InChI=1S/C34H45N5O7S/c1-6-17-39(18-7-2)34(44)27-21-25(20-26(22-27)33(43)37(3)4)32(42)35-30(19-24-13-15-28(40)16-14-24)31(41)23-38(5)36-47(45,46)29-11-9-8-10-12-29/h8-16,20-22,30-31,36,40-41H,6-7,17-19,23H2,1-5H3,(H,35,42). The largest absolute Gasteiger partial charge is 0.508 e. The monoisotopic (exact) mass is 667 g/mol. The van der Waals surface area contributed by atoms with Crippen molar-refractivity contribution in [2.75, 3.05) is 40.8 Å². The molecule has 0 aliphatic heterocycles. The number of sulfonamides is 1. The first-order valence-corrected chi connectivity index (χ1v) is 17.0. The molecule has 2 atom stereocenters. The van der Waals surface area contributed by atoms with Crippen molar-refractivity contribution in [3.8, 4) is 5.75 Å². The number of carbonyl (C=O) groups is 3. The van der Waals surface area contributed by atoms with Crippen LogP contribution in [0.4, 0.5) is 0 Å². The molecule has 0 saturated heterocycles. The molecule has 4 N–H and O–H groups in total. The number of aliphatic hydroxyl groups is 1. The SMILES string of the molecule is CCCN(CCC)C(=O)c1cc(C(=O)NC(Cc2ccc(O)cc2)C(O)CN(C)NS(=O)(=O)c2ccccc2)cc(C(=O)N(C)C)c1. The lowest BCUT2D eigenvalue weighted by molar-refractivity contribution is 0.0687. The van der Waals surface area contributed by atoms with Crippen LogP contribution in [0.25, 0.3) is 0 Å². The predicted molar refractivity (Wildman–Crippen MR) is 179 cm³/mol. The molecule has 3 aromatic rings. The quantitative estimate of drug-likeness (QED) is 0.170. The fourth-order valence-electron chi connectivity index (χ4n) is 5.02. The van der Waals surface area contributed by atoms with Crippen molar-refractivity contribution in [1.29, 1.82) is 0 Å². The Morgan fingerprint density at radius 1 is 0.809 bits per heavy atom. The molecule has 0 fully saturated rings. The molecule has 3 aromatic carbocycles. The average molecular weight is 668 g/mol. The number of carbonyl (C=O) groups excluding carboxylic acids is 3. The second kappa shape index (κ2) is 17.0. The number of hydrazine groups is 1. The average Bonchev–Trinajstić information content (AvgIpc) is 3.04. The van der Waals surface area contributed by atoms with Crippen molar-refractivity contribution in [2.45, 2.75) is 50.2 Å². The normalized spacial score (nSPS) is 12.7. The fourth-order valence-corrected chi connectivity index (χ4v) is 6.13. The van der Waals surface area contributed by atoms with Crippen LogP contribution in [0.1, 0.15) is 63.3 Å². The van der Waals surface area contributed by atoms with E-state index in [0.717, 1.165) is 12.8 Å². The zero-order chi connectivity index (χ0) is 34.7. The van der Waals surface area contributed by atoms with Crippen LogP contribution in [0.3, 0.4) is 0 Å². The Hall–Kier alpha value is -4.30. The summed E-state index contributed by atoms with van der Waals surface area (Å²) >= 11 is 0. The lowest BCUT2D eigenvalue weighted by Crippen LogP contribution is -2.52. The fraction of sp³-hybridized carbons (Fsp3) is 0.382. The highest BCUT2D eigenvalue weighted by Crippen LogP contribution is 2.18. The van der Waals surface area contributed by atoms with Crippen LogP contribution in [0, 0.1) is 0 Å². The van der Waals surface area contributed by atoms with Crippen molar-refractivity contribution in [1.82, 2.24) is 25.0 Å². The zero-order valence-corrected chi connectivity index (χ0v) is 28.3. The van der Waals surface area contributed by atoms with E-state index in [0.29, 0.717) is 18.7 Å². The number of aromatic hydroxyl groups is 1. The van der Waals surface area contributed by atoms with E-state index >= 15 is 0 Å². The van der Waals surface area contributed by atoms with E-state index in [2.05, 4.69) is 10.1 Å². The van der Waals surface area contributed by atoms with E-state index < -0.39 is 28.1 Å². The summed E-state index contributed by atoms with van der Waals surface area (Å²) in [5.41, 5.74) is 1.08. The highest BCUT2D eigenvalue weighted by atomic mass is 32.2. The smallest absolute Gasteiger partial charge is 0.253 e. The van der Waals surface area contributed by atoms with Crippen molar-refractivity contribution in [3.63, 3.8) is 0 Å². The summed E-state index contributed by atoms with van der Waals surface area (Å²) in [7, 11) is 0.669. The molecule has 0 saturated carbocycles. The Labute approximate surface area is 277 Å². The van der Waals surface area contributed by atoms with Gasteiger partial charge in [-0.2, -0.15) is 0 Å². The van der Waals surface area contributed by atoms with E-state index in [-0.39, 0.29) is 52.1 Å². The number of aliphatic hydroxyl groups excluding tert-OH is 1. The highest BCUT2D eigenvalue weighted by molar-refractivity contribution is 7.89. The van der Waals surface area contributed by atoms with Crippen LogP contribution in [0.2, 0.25) is 0 Å². The molecule has 47 heavy (non-hydrogen) atoms. The minimum atomic E-state index is -3.93. The predicted octanol–water partition coefficient (Wildman–Crippen LogP) is 2.88. The minimum absolute atomic E-state index is 0.0456. The maximum absolute atomic E-state index is 13.8. The van der Waals surface area contributed by atoms with Crippen LogP contribution in [0.5, 0.6) is 5.75 Å². The third kappa shape index (κ3) is 10.6. The summed E-state index contributed by atoms with van der Waals surface area (Å²) in [4.78, 5) is 45.8. The molecule has 12 nitrogen and oxygen atoms in total. The molecule has 0 bridgehead atoms. The van der Waals surface area contributed by atoms with Crippen molar-refractivity contribution in [2.24, 2.45) is 0 Å². The lowest BCUT2D eigenvalue weighted by atomic mass is 9.99. The van der Waals surface area contributed by atoms with E-state index in [1.807, 2.05) is 13.8 Å². The molecule has 3 amide bonds. The lowest BCUT2D eigenvalue weighted by Gasteiger charge is -2.28. The number of nitrogens with zero attached hydrogens (tertiary/aromatic N) is 3. The molecule has 13 heteroatoms. The van der Waals surface area contributed by atoms with E-state index in [1.54, 1.807) is 49.3 Å². The number of benzene rings is 3. The van der Waals surface area contributed by atoms with Gasteiger partial charge in [0.2, 0.25) is 0 Å². The molecular weight excluding hydrogens is 622 g/mol. The van der Waals surface area contributed by atoms with Gasteiger partial charge in [-0.15, -0.1) is 4.83 Å². The van der Waals surface area contributed by atoms with Gasteiger partial charge < -0.3 is 25.3 Å². The third-order valence-corrected chi connectivity index (χ3v) is 8.78. The summed E-state index contributed by atoms with van der Waals surface area (Å²) in [6.07, 6.45) is 0.313. The first kappa shape index (κ1) is 37.2. The number of nitrogens with one attached hydrogen (secondary N) is 2. The van der Waals surface area contributed by atoms with Gasteiger partial charge >= 0.3 is 0 Å². The van der Waals surface area contributed by atoms with Crippen molar-refractivity contribution >= 4 is 27.7 Å². The molecule has 0 heterocycles. The Balaban J connectivity index is 1.93. The van der Waals surface area contributed by atoms with Crippen LogP contribution >= 0.6 is 0 Å². The first-order chi connectivity index (χ1) is 22.2. The third-order valence-electron chi connectivity index (χ3n) is 7.33. The van der Waals surface area contributed by atoms with Gasteiger partial charge in [0.05, 0.1) is 17.0 Å². The number of phenolic OH excluding ortho intramolecular Hbond substituents is 1. The van der Waals surface area contributed by atoms with E-state index in [4.69, 9.17) is 0 Å². The second-order valence-electron chi connectivity index (χ2n) is 11.6. The Kier molecular flexibility index (Phi) is 13.5. The van der Waals surface area contributed by atoms with Gasteiger partial charge in [-0.05, 0) is 67.3 Å². The summed E-state index contributed by atoms with van der Waals surface area (Å²) < 4.78 is 25.7. The Morgan fingerprint density at radius 2 is 1.36 bits per heavy atom. The summed E-state index contributed by atoms with van der Waals surface area (Å²) in [6.45, 7) is 4.75. The molecule has 0 aromatic heterocycles. The minimum Gasteiger partial charge on any atom is -0.508 e. The number of phenols is 1. The topological polar surface area (TPSA) is 160 Å². The summed E-state index contributed by atoms with van der Waals surface area (Å²) in [5.74, 6) is -1.28. The van der Waals surface area contributed by atoms with Crippen LogP contribution < -0.4 is 10.1 Å². The van der Waals surface area contributed by atoms with Gasteiger partial charge in [-0.3, -0.25) is 14.4 Å². The van der Waals surface area contributed by atoms with Crippen molar-refractivity contribution < 1.29 is 33.0 Å². The summed E-state index contributed by atoms with van der Waals surface area (Å²) in [5, 5.41) is 25.1. The Bertz CT molecular complexity index is 1610. The van der Waals surface area contributed by atoms with Gasteiger partial charge in [-0.25, -0.2) is 13.4 Å². The maximum atomic E-state index is 13.8. The first-order valence-electron chi connectivity index (χ1n) is 15.5. The van der Waals surface area contributed by atoms with Gasteiger partial charge in [-0.1, -0.05) is 44.2 Å². The zero-order valence-electron chi connectivity index (χ0n) is 27.5. The highest BCUT2D eigenvalue weighted by Gasteiger charge is 2.27. The van der Waals surface area contributed by atoms with Crippen LogP contribution in [0.15, 0.2) is 77.7 Å². The van der Waals surface area contributed by atoms with Gasteiger partial charge in [0, 0.05) is 57.5 Å². The molecule has 0 radical (unpaired) electrons. The number of hydrogen-bond donors (Lipinski definition) is 4. The number of likely N-dealkylation sites (N-methyl/N-ethyl adjacent to an activating group) is 1. The van der Waals surface area contributed by atoms with Gasteiger partial charge in [0.25, 0.3) is 27.7 Å². The van der Waals surface area contributed by atoms with Gasteiger partial charge in [0.15, 0.2) is 0 Å². The van der Waals surface area contributed by atoms with Crippen LogP contribution in [-0.2, 0) is 16.4 Å². The van der Waals surface area contributed by atoms with E-state index in [9.17, 15) is 33.0 Å². The van der Waals surface area contributed by atoms with Gasteiger partial charge in [0.1, 0.15) is 5.75 Å².